The second-order valence-electron chi connectivity index (χ2n) is 4.71. The van der Waals surface area contributed by atoms with Crippen LogP contribution in [0.4, 0.5) is 24.8 Å². The molecular formula is C12H13F3N4O3S. The maximum atomic E-state index is 12.4. The number of hydrogen-bond donors (Lipinski definition) is 1. The highest BCUT2D eigenvalue weighted by atomic mass is 32.2. The third-order valence-corrected chi connectivity index (χ3v) is 4.27. The molecule has 23 heavy (non-hydrogen) atoms. The van der Waals surface area contributed by atoms with Crippen LogP contribution in [0.1, 0.15) is 5.89 Å². The summed E-state index contributed by atoms with van der Waals surface area (Å²) < 4.78 is 64.7. The van der Waals surface area contributed by atoms with E-state index in [0.29, 0.717) is 11.6 Å². The molecule has 0 saturated heterocycles. The van der Waals surface area contributed by atoms with Gasteiger partial charge in [-0.15, -0.1) is 0 Å². The van der Waals surface area contributed by atoms with E-state index in [4.69, 9.17) is 4.52 Å². The lowest BCUT2D eigenvalue weighted by Gasteiger charge is -2.09. The summed E-state index contributed by atoms with van der Waals surface area (Å²) in [4.78, 5) is 4.88. The Hall–Kier alpha value is -2.30. The molecule has 0 aliphatic carbocycles. The molecule has 7 nitrogen and oxygen atoms in total. The Morgan fingerprint density at radius 1 is 1.22 bits per heavy atom. The van der Waals surface area contributed by atoms with Crippen LogP contribution in [-0.2, 0) is 16.4 Å². The number of nitrogens with one attached hydrogen (secondary N) is 1. The van der Waals surface area contributed by atoms with Gasteiger partial charge in [0.25, 0.3) is 15.8 Å². The Bertz CT molecular complexity index is 770. The van der Waals surface area contributed by atoms with Crippen LogP contribution in [0, 0.1) is 0 Å². The Labute approximate surface area is 130 Å². The normalized spacial score (nSPS) is 12.2. The largest absolute Gasteiger partial charge is 0.501 e. The summed E-state index contributed by atoms with van der Waals surface area (Å²) in [5, 5.41) is 6.54. The average molecular weight is 350 g/mol. The molecule has 1 aromatic heterocycles. The summed E-state index contributed by atoms with van der Waals surface area (Å²) in [6.45, 7) is 0.145. The van der Waals surface area contributed by atoms with Crippen molar-refractivity contribution in [2.75, 3.05) is 24.3 Å². The van der Waals surface area contributed by atoms with Crippen LogP contribution in [0.15, 0.2) is 33.7 Å². The summed E-state index contributed by atoms with van der Waals surface area (Å²) in [5.41, 5.74) is -4.91. The van der Waals surface area contributed by atoms with Crippen molar-refractivity contribution in [3.05, 3.63) is 30.2 Å². The molecule has 1 heterocycles. The standard InChI is InChI=1S/C12H13F3N4O3S/c1-19(2)11-17-10(22-18-11)7-16-8-3-5-9(6-4-8)23(20,21)12(13,14)15/h3-6,16H,7H2,1-2H3. The van der Waals surface area contributed by atoms with Crippen LogP contribution in [0.25, 0.3) is 0 Å². The van der Waals surface area contributed by atoms with Crippen LogP contribution in [0.3, 0.4) is 0 Å². The molecule has 1 aromatic carbocycles. The first-order chi connectivity index (χ1) is 10.6. The molecule has 0 radical (unpaired) electrons. The molecule has 1 N–H and O–H groups in total. The number of nitrogens with zero attached hydrogens (tertiary/aromatic N) is 3. The molecule has 0 fully saturated rings. The van der Waals surface area contributed by atoms with E-state index >= 15 is 0 Å². The Kier molecular flexibility index (Phi) is 4.50. The minimum atomic E-state index is -5.34. The van der Waals surface area contributed by atoms with Gasteiger partial charge in [-0.05, 0) is 29.4 Å². The molecule has 0 bridgehead atoms. The number of rotatable bonds is 5. The van der Waals surface area contributed by atoms with Gasteiger partial charge in [0.1, 0.15) is 0 Å². The van der Waals surface area contributed by atoms with E-state index in [0.717, 1.165) is 12.1 Å². The number of benzene rings is 1. The van der Waals surface area contributed by atoms with Gasteiger partial charge in [-0.1, -0.05) is 0 Å². The molecule has 0 aliphatic rings. The molecule has 0 aliphatic heterocycles. The van der Waals surface area contributed by atoms with Crippen molar-refractivity contribution in [1.29, 1.82) is 0 Å². The van der Waals surface area contributed by atoms with Crippen molar-refractivity contribution in [2.45, 2.75) is 16.9 Å². The lowest BCUT2D eigenvalue weighted by Crippen LogP contribution is -2.23. The SMILES string of the molecule is CN(C)c1noc(CNc2ccc(S(=O)(=O)C(F)(F)F)cc2)n1. The van der Waals surface area contributed by atoms with Crippen LogP contribution in [-0.4, -0.2) is 38.2 Å². The zero-order valence-electron chi connectivity index (χ0n) is 12.1. The van der Waals surface area contributed by atoms with Gasteiger partial charge in [0.05, 0.1) is 11.4 Å². The van der Waals surface area contributed by atoms with Crippen molar-refractivity contribution < 1.29 is 26.1 Å². The fourth-order valence-corrected chi connectivity index (χ4v) is 2.32. The van der Waals surface area contributed by atoms with Crippen molar-refractivity contribution in [1.82, 2.24) is 10.1 Å². The van der Waals surface area contributed by atoms with E-state index in [9.17, 15) is 21.6 Å². The number of halogens is 3. The Morgan fingerprint density at radius 3 is 2.30 bits per heavy atom. The molecule has 2 rings (SSSR count). The average Bonchev–Trinajstić information content (AvgIpc) is 2.93. The van der Waals surface area contributed by atoms with E-state index in [1.165, 1.54) is 12.1 Å². The topological polar surface area (TPSA) is 88.3 Å². The van der Waals surface area contributed by atoms with E-state index in [1.54, 1.807) is 19.0 Å². The minimum absolute atomic E-state index is 0.145. The molecule has 0 spiro atoms. The van der Waals surface area contributed by atoms with Crippen LogP contribution >= 0.6 is 0 Å². The maximum absolute atomic E-state index is 12.4. The highest BCUT2D eigenvalue weighted by molar-refractivity contribution is 7.92. The first-order valence-electron chi connectivity index (χ1n) is 6.26. The fourth-order valence-electron chi connectivity index (χ4n) is 1.56. The second-order valence-corrected chi connectivity index (χ2v) is 6.65. The molecule has 0 atom stereocenters. The van der Waals surface area contributed by atoms with Gasteiger partial charge in [0.15, 0.2) is 0 Å². The second kappa shape index (κ2) is 6.07. The Morgan fingerprint density at radius 2 is 1.83 bits per heavy atom. The summed E-state index contributed by atoms with van der Waals surface area (Å²) in [6.07, 6.45) is 0. The monoisotopic (exact) mass is 350 g/mol. The van der Waals surface area contributed by atoms with Crippen molar-refractivity contribution in [3.8, 4) is 0 Å². The maximum Gasteiger partial charge on any atom is 0.501 e. The molecule has 2 aromatic rings. The summed E-state index contributed by atoms with van der Waals surface area (Å²) in [6, 6.07) is 4.21. The van der Waals surface area contributed by atoms with Gasteiger partial charge in [-0.3, -0.25) is 0 Å². The number of hydrogen-bond acceptors (Lipinski definition) is 7. The van der Waals surface area contributed by atoms with Crippen molar-refractivity contribution >= 4 is 21.5 Å². The van der Waals surface area contributed by atoms with Gasteiger partial charge in [0.2, 0.25) is 5.89 Å². The van der Waals surface area contributed by atoms with Gasteiger partial charge in [-0.2, -0.15) is 18.2 Å². The zero-order chi connectivity index (χ0) is 17.3. The van der Waals surface area contributed by atoms with E-state index < -0.39 is 20.2 Å². The van der Waals surface area contributed by atoms with E-state index in [2.05, 4.69) is 15.5 Å². The van der Waals surface area contributed by atoms with Crippen molar-refractivity contribution in [2.24, 2.45) is 0 Å². The van der Waals surface area contributed by atoms with Crippen molar-refractivity contribution in [3.63, 3.8) is 0 Å². The summed E-state index contributed by atoms with van der Waals surface area (Å²) in [5.74, 6) is 0.661. The van der Waals surface area contributed by atoms with Crippen LogP contribution in [0.2, 0.25) is 0 Å². The van der Waals surface area contributed by atoms with Gasteiger partial charge >= 0.3 is 5.51 Å². The molecule has 0 unspecified atom stereocenters. The summed E-state index contributed by atoms with van der Waals surface area (Å²) >= 11 is 0. The first-order valence-corrected chi connectivity index (χ1v) is 7.75. The highest BCUT2D eigenvalue weighted by Crippen LogP contribution is 2.30. The third kappa shape index (κ3) is 3.73. The predicted molar refractivity (Wildman–Crippen MR) is 75.6 cm³/mol. The lowest BCUT2D eigenvalue weighted by molar-refractivity contribution is -0.0436. The molecular weight excluding hydrogens is 337 g/mol. The predicted octanol–water partition coefficient (Wildman–Crippen LogP) is 2.04. The smallest absolute Gasteiger partial charge is 0.376 e. The van der Waals surface area contributed by atoms with Gasteiger partial charge < -0.3 is 14.7 Å². The quantitative estimate of drug-likeness (QED) is 0.883. The molecule has 0 saturated carbocycles. The summed E-state index contributed by atoms with van der Waals surface area (Å²) in [7, 11) is -1.86. The highest BCUT2D eigenvalue weighted by Gasteiger charge is 2.46. The lowest BCUT2D eigenvalue weighted by atomic mass is 10.3. The number of alkyl halides is 3. The molecule has 126 valence electrons. The van der Waals surface area contributed by atoms with Gasteiger partial charge in [0, 0.05) is 19.8 Å². The number of sulfone groups is 1. The minimum Gasteiger partial charge on any atom is -0.376 e. The zero-order valence-corrected chi connectivity index (χ0v) is 12.9. The number of anilines is 2. The fraction of sp³-hybridized carbons (Fsp3) is 0.333. The van der Waals surface area contributed by atoms with Gasteiger partial charge in [-0.25, -0.2) is 8.42 Å². The first kappa shape index (κ1) is 17.1. The molecule has 11 heteroatoms. The van der Waals surface area contributed by atoms with Crippen LogP contribution in [0.5, 0.6) is 0 Å². The molecule has 0 amide bonds. The number of aromatic nitrogens is 2. The Balaban J connectivity index is 2.06. The third-order valence-electron chi connectivity index (χ3n) is 2.77. The van der Waals surface area contributed by atoms with E-state index in [1.807, 2.05) is 0 Å². The van der Waals surface area contributed by atoms with Crippen LogP contribution < -0.4 is 10.2 Å². The van der Waals surface area contributed by atoms with E-state index in [-0.39, 0.29) is 12.4 Å².